The van der Waals surface area contributed by atoms with E-state index in [9.17, 15) is 4.39 Å². The van der Waals surface area contributed by atoms with Gasteiger partial charge in [-0.2, -0.15) is 4.68 Å². The number of aromatic nitrogens is 4. The summed E-state index contributed by atoms with van der Waals surface area (Å²) in [7, 11) is 0. The quantitative estimate of drug-likeness (QED) is 0.487. The van der Waals surface area contributed by atoms with Gasteiger partial charge in [-0.1, -0.05) is 30.3 Å². The number of hydrogen-bond donors (Lipinski definition) is 0. The van der Waals surface area contributed by atoms with Crippen molar-refractivity contribution in [2.75, 3.05) is 6.79 Å². The third-order valence-electron chi connectivity index (χ3n) is 6.63. The Hall–Kier alpha value is -4.07. The third-order valence-corrected chi connectivity index (χ3v) is 6.63. The lowest BCUT2D eigenvalue weighted by molar-refractivity contribution is 0.174. The van der Waals surface area contributed by atoms with Crippen LogP contribution in [0.15, 0.2) is 65.7 Å². The summed E-state index contributed by atoms with van der Waals surface area (Å²) in [6.45, 7) is 0.178. The Morgan fingerprint density at radius 2 is 1.81 bits per heavy atom. The number of nitrogens with zero attached hydrogens (tertiary/aromatic N) is 5. The van der Waals surface area contributed by atoms with Crippen LogP contribution >= 0.6 is 0 Å². The average molecular weight is 425 g/mol. The van der Waals surface area contributed by atoms with Crippen LogP contribution in [0.4, 0.5) is 10.1 Å². The van der Waals surface area contributed by atoms with Gasteiger partial charge in [0.05, 0.1) is 16.8 Å². The normalized spacial score (nSPS) is 21.5. The molecule has 0 saturated carbocycles. The molecule has 8 heteroatoms. The molecule has 2 atom stereocenters. The van der Waals surface area contributed by atoms with Gasteiger partial charge in [0.25, 0.3) is 0 Å². The van der Waals surface area contributed by atoms with E-state index in [2.05, 4.69) is 21.6 Å². The highest BCUT2D eigenvalue weighted by Crippen LogP contribution is 2.56. The van der Waals surface area contributed by atoms with Crippen molar-refractivity contribution in [1.29, 1.82) is 0 Å². The Balaban J connectivity index is 1.52. The van der Waals surface area contributed by atoms with Crippen molar-refractivity contribution >= 4 is 11.9 Å². The number of rotatable bonds is 2. The topological polar surface area (TPSA) is 74.4 Å². The molecule has 3 aliphatic heterocycles. The van der Waals surface area contributed by atoms with Gasteiger partial charge in [-0.25, -0.2) is 4.39 Å². The first kappa shape index (κ1) is 17.6. The van der Waals surface area contributed by atoms with Crippen LogP contribution < -0.4 is 9.47 Å². The fraction of sp³-hybridized carbons (Fsp3) is 0.167. The van der Waals surface area contributed by atoms with Crippen LogP contribution in [0.2, 0.25) is 0 Å². The lowest BCUT2D eigenvalue weighted by Gasteiger charge is -2.40. The maximum atomic E-state index is 13.6. The van der Waals surface area contributed by atoms with Gasteiger partial charge < -0.3 is 9.47 Å². The number of tetrazole rings is 1. The number of fused-ring (bicyclic) bond motifs is 7. The molecule has 0 fully saturated rings. The van der Waals surface area contributed by atoms with E-state index in [0.717, 1.165) is 33.9 Å². The summed E-state index contributed by atoms with van der Waals surface area (Å²) in [5.74, 6) is 1.66. The van der Waals surface area contributed by atoms with Crippen LogP contribution in [0.25, 0.3) is 5.69 Å². The molecular formula is C24H16FN5O2. The van der Waals surface area contributed by atoms with Crippen LogP contribution in [0.3, 0.4) is 0 Å². The zero-order chi connectivity index (χ0) is 21.3. The Morgan fingerprint density at radius 1 is 1.00 bits per heavy atom. The summed E-state index contributed by atoms with van der Waals surface area (Å²) in [4.78, 5) is 4.80. The Kier molecular flexibility index (Phi) is 3.42. The third kappa shape index (κ3) is 2.23. The first-order valence-electron chi connectivity index (χ1n) is 10.4. The predicted octanol–water partition coefficient (Wildman–Crippen LogP) is 3.87. The van der Waals surface area contributed by atoms with Crippen molar-refractivity contribution in [3.05, 3.63) is 89.0 Å². The molecule has 0 radical (unpaired) electrons. The lowest BCUT2D eigenvalue weighted by atomic mass is 9.63. The highest BCUT2D eigenvalue weighted by Gasteiger charge is 2.52. The fourth-order valence-corrected chi connectivity index (χ4v) is 5.19. The number of benzene rings is 3. The number of ether oxygens (including phenoxy) is 2. The summed E-state index contributed by atoms with van der Waals surface area (Å²) >= 11 is 0. The number of para-hydroxylation sites is 1. The van der Waals surface area contributed by atoms with E-state index < -0.39 is 5.41 Å². The molecule has 7 nitrogen and oxygen atoms in total. The fourth-order valence-electron chi connectivity index (χ4n) is 5.19. The smallest absolute Gasteiger partial charge is 0.231 e. The summed E-state index contributed by atoms with van der Waals surface area (Å²) < 4.78 is 26.7. The minimum absolute atomic E-state index is 0.164. The molecule has 0 bridgehead atoms. The second-order valence-electron chi connectivity index (χ2n) is 8.20. The van der Waals surface area contributed by atoms with Crippen LogP contribution in [-0.2, 0) is 11.8 Å². The molecule has 0 N–H and O–H groups in total. The van der Waals surface area contributed by atoms with Crippen molar-refractivity contribution in [2.45, 2.75) is 17.8 Å². The van der Waals surface area contributed by atoms with Gasteiger partial charge in [0.15, 0.2) is 17.3 Å². The first-order chi connectivity index (χ1) is 15.7. The van der Waals surface area contributed by atoms with E-state index in [0.29, 0.717) is 17.9 Å². The molecule has 0 saturated heterocycles. The van der Waals surface area contributed by atoms with E-state index in [-0.39, 0.29) is 18.5 Å². The van der Waals surface area contributed by atoms with Gasteiger partial charge in [0.1, 0.15) is 5.82 Å². The van der Waals surface area contributed by atoms with Crippen LogP contribution in [0.1, 0.15) is 28.4 Å². The molecule has 156 valence electrons. The maximum Gasteiger partial charge on any atom is 0.231 e. The zero-order valence-corrected chi connectivity index (χ0v) is 16.8. The van der Waals surface area contributed by atoms with E-state index >= 15 is 0 Å². The molecule has 7 rings (SSSR count). The van der Waals surface area contributed by atoms with Gasteiger partial charge in [-0.05, 0) is 57.8 Å². The van der Waals surface area contributed by atoms with Crippen LogP contribution in [0.5, 0.6) is 11.5 Å². The minimum atomic E-state index is -0.605. The predicted molar refractivity (Wildman–Crippen MR) is 113 cm³/mol. The molecule has 0 aliphatic carbocycles. The molecular weight excluding hydrogens is 409 g/mol. The molecule has 3 aromatic carbocycles. The van der Waals surface area contributed by atoms with E-state index in [4.69, 9.17) is 14.5 Å². The SMILES string of the molecule is Fc1ccc(CC2c3nnnn3-c3cc4c(cc3C23C=Nc2ccccc23)OCO4)cc1. The Labute approximate surface area is 182 Å². The summed E-state index contributed by atoms with van der Waals surface area (Å²) in [5, 5.41) is 12.7. The molecule has 1 spiro atoms. The van der Waals surface area contributed by atoms with Gasteiger partial charge >= 0.3 is 0 Å². The first-order valence-corrected chi connectivity index (χ1v) is 10.4. The van der Waals surface area contributed by atoms with Crippen LogP contribution in [0, 0.1) is 5.82 Å². The zero-order valence-electron chi connectivity index (χ0n) is 16.8. The highest BCUT2D eigenvalue weighted by molar-refractivity contribution is 5.93. The highest BCUT2D eigenvalue weighted by atomic mass is 19.1. The Morgan fingerprint density at radius 3 is 2.69 bits per heavy atom. The number of aliphatic imine (C=N–C) groups is 1. The molecule has 0 amide bonds. The van der Waals surface area contributed by atoms with Gasteiger partial charge in [-0.3, -0.25) is 4.99 Å². The van der Waals surface area contributed by atoms with Gasteiger partial charge in [-0.15, -0.1) is 5.10 Å². The van der Waals surface area contributed by atoms with Gasteiger partial charge in [0, 0.05) is 18.2 Å². The van der Waals surface area contributed by atoms with Crippen molar-refractivity contribution < 1.29 is 13.9 Å². The van der Waals surface area contributed by atoms with Crippen molar-refractivity contribution in [3.8, 4) is 17.2 Å². The van der Waals surface area contributed by atoms with E-state index in [1.54, 1.807) is 4.68 Å². The summed E-state index contributed by atoms with van der Waals surface area (Å²) in [6.07, 6.45) is 2.61. The second-order valence-corrected chi connectivity index (χ2v) is 8.20. The molecule has 4 aromatic rings. The molecule has 32 heavy (non-hydrogen) atoms. The molecule has 1 aromatic heterocycles. The van der Waals surface area contributed by atoms with E-state index in [1.807, 2.05) is 48.7 Å². The Bertz CT molecular complexity index is 1410. The lowest BCUT2D eigenvalue weighted by Crippen LogP contribution is -2.42. The monoisotopic (exact) mass is 425 g/mol. The summed E-state index contributed by atoms with van der Waals surface area (Å²) in [5.41, 5.74) is 4.23. The standard InChI is InChI=1S/C24H16FN5O2/c25-15-7-5-14(6-8-15)9-18-23-27-28-29-30(23)20-11-22-21(31-13-32-22)10-17(20)24(18)12-26-19-4-2-1-3-16(19)24/h1-8,10-12,18H,9,13H2. The van der Waals surface area contributed by atoms with Crippen LogP contribution in [-0.4, -0.2) is 33.2 Å². The molecule has 4 heterocycles. The average Bonchev–Trinajstić information content (AvgIpc) is 3.56. The van der Waals surface area contributed by atoms with Crippen molar-refractivity contribution in [2.24, 2.45) is 4.99 Å². The number of halogens is 1. The molecule has 2 unspecified atom stereocenters. The van der Waals surface area contributed by atoms with E-state index in [1.165, 1.54) is 12.1 Å². The largest absolute Gasteiger partial charge is 0.454 e. The van der Waals surface area contributed by atoms with Gasteiger partial charge in [0.2, 0.25) is 6.79 Å². The maximum absolute atomic E-state index is 13.6. The number of hydrogen-bond acceptors (Lipinski definition) is 6. The summed E-state index contributed by atoms with van der Waals surface area (Å²) in [6, 6.07) is 18.7. The minimum Gasteiger partial charge on any atom is -0.454 e. The second kappa shape index (κ2) is 6.23. The molecule has 3 aliphatic rings. The van der Waals surface area contributed by atoms with Crippen molar-refractivity contribution in [1.82, 2.24) is 20.2 Å². The van der Waals surface area contributed by atoms with Crippen molar-refractivity contribution in [3.63, 3.8) is 0 Å².